The number of benzene rings is 1. The van der Waals surface area contributed by atoms with Crippen LogP contribution in [0, 0.1) is 0 Å². The summed E-state index contributed by atoms with van der Waals surface area (Å²) in [6, 6.07) is 11.7. The molecule has 1 aliphatic heterocycles. The molecular formula is C17H19N3O3S. The molecule has 1 aliphatic rings. The van der Waals surface area contributed by atoms with Crippen molar-refractivity contribution in [1.29, 1.82) is 0 Å². The van der Waals surface area contributed by atoms with Crippen LogP contribution in [0.1, 0.15) is 4.88 Å². The topological polar surface area (TPSA) is 70.7 Å². The first-order chi connectivity index (χ1) is 11.7. The molecule has 0 bridgehead atoms. The minimum absolute atomic E-state index is 0.116. The minimum atomic E-state index is -0.204. The van der Waals surface area contributed by atoms with E-state index in [1.807, 2.05) is 36.4 Å². The predicted octanol–water partition coefficient (Wildman–Crippen LogP) is 2.07. The van der Waals surface area contributed by atoms with Crippen LogP contribution in [0.2, 0.25) is 0 Å². The van der Waals surface area contributed by atoms with Gasteiger partial charge in [-0.3, -0.25) is 4.79 Å². The molecule has 0 atom stereocenters. The summed E-state index contributed by atoms with van der Waals surface area (Å²) in [6.07, 6.45) is 0. The summed E-state index contributed by atoms with van der Waals surface area (Å²) >= 11 is 1.64. The summed E-state index contributed by atoms with van der Waals surface area (Å²) in [5.74, 6) is 0.711. The lowest BCUT2D eigenvalue weighted by atomic mass is 10.2. The Hall–Kier alpha value is -2.54. The molecule has 24 heavy (non-hydrogen) atoms. The van der Waals surface area contributed by atoms with Gasteiger partial charge in [-0.05, 0) is 42.0 Å². The molecule has 2 heterocycles. The number of thiophene rings is 1. The first-order valence-corrected chi connectivity index (χ1v) is 8.50. The van der Waals surface area contributed by atoms with E-state index in [4.69, 9.17) is 4.74 Å². The molecule has 0 aliphatic carbocycles. The van der Waals surface area contributed by atoms with E-state index in [0.29, 0.717) is 19.6 Å². The van der Waals surface area contributed by atoms with Gasteiger partial charge >= 0.3 is 6.03 Å². The number of urea groups is 1. The third kappa shape index (κ3) is 3.86. The van der Waals surface area contributed by atoms with Crippen molar-refractivity contribution in [2.24, 2.45) is 0 Å². The number of nitrogens with one attached hydrogen (secondary N) is 2. The van der Waals surface area contributed by atoms with Crippen molar-refractivity contribution in [2.45, 2.75) is 6.54 Å². The Morgan fingerprint density at radius 1 is 1.29 bits per heavy atom. The van der Waals surface area contributed by atoms with E-state index in [1.165, 1.54) is 4.90 Å². The zero-order chi connectivity index (χ0) is 16.9. The molecule has 0 radical (unpaired) electrons. The van der Waals surface area contributed by atoms with Crippen molar-refractivity contribution in [3.05, 3.63) is 41.3 Å². The molecule has 3 rings (SSSR count). The fourth-order valence-corrected chi connectivity index (χ4v) is 3.42. The SMILES string of the molecule is COc1ccc(-c2ccc(CNC(=O)N3CCNC(=O)C3)s2)cc1. The number of carbonyl (C=O) groups is 2. The maximum atomic E-state index is 12.1. The Morgan fingerprint density at radius 3 is 2.79 bits per heavy atom. The molecule has 126 valence electrons. The summed E-state index contributed by atoms with van der Waals surface area (Å²) < 4.78 is 5.16. The van der Waals surface area contributed by atoms with Gasteiger partial charge in [-0.1, -0.05) is 0 Å². The molecule has 1 aromatic heterocycles. The summed E-state index contributed by atoms with van der Waals surface area (Å²) in [5, 5.41) is 5.57. The fourth-order valence-electron chi connectivity index (χ4n) is 2.47. The van der Waals surface area contributed by atoms with Gasteiger partial charge < -0.3 is 20.3 Å². The highest BCUT2D eigenvalue weighted by atomic mass is 32.1. The fraction of sp³-hybridized carbons (Fsp3) is 0.294. The van der Waals surface area contributed by atoms with Crippen LogP contribution < -0.4 is 15.4 Å². The molecular weight excluding hydrogens is 326 g/mol. The first kappa shape index (κ1) is 16.3. The van der Waals surface area contributed by atoms with Crippen LogP contribution in [0.3, 0.4) is 0 Å². The van der Waals surface area contributed by atoms with E-state index in [2.05, 4.69) is 10.6 Å². The number of ether oxygens (including phenoxy) is 1. The summed E-state index contributed by atoms with van der Waals surface area (Å²) in [5.41, 5.74) is 1.12. The van der Waals surface area contributed by atoms with Crippen molar-refractivity contribution < 1.29 is 14.3 Å². The third-order valence-corrected chi connectivity index (χ3v) is 4.91. The Morgan fingerprint density at radius 2 is 2.08 bits per heavy atom. The Bertz CT molecular complexity index is 727. The van der Waals surface area contributed by atoms with Crippen LogP contribution in [0.5, 0.6) is 5.75 Å². The third-order valence-electron chi connectivity index (χ3n) is 3.78. The molecule has 0 unspecified atom stereocenters. The highest BCUT2D eigenvalue weighted by Crippen LogP contribution is 2.29. The van der Waals surface area contributed by atoms with Crippen molar-refractivity contribution in [1.82, 2.24) is 15.5 Å². The number of methoxy groups -OCH3 is 1. The Labute approximate surface area is 144 Å². The number of carbonyl (C=O) groups excluding carboxylic acids is 2. The van der Waals surface area contributed by atoms with Crippen LogP contribution in [-0.2, 0) is 11.3 Å². The van der Waals surface area contributed by atoms with E-state index in [0.717, 1.165) is 21.1 Å². The molecule has 0 saturated carbocycles. The van der Waals surface area contributed by atoms with Crippen molar-refractivity contribution in [3.63, 3.8) is 0 Å². The average Bonchev–Trinajstić information content (AvgIpc) is 3.09. The number of piperazine rings is 1. The highest BCUT2D eigenvalue weighted by Gasteiger charge is 2.20. The molecule has 2 N–H and O–H groups in total. The van der Waals surface area contributed by atoms with Gasteiger partial charge in [-0.2, -0.15) is 0 Å². The molecule has 6 nitrogen and oxygen atoms in total. The Balaban J connectivity index is 1.57. The monoisotopic (exact) mass is 345 g/mol. The highest BCUT2D eigenvalue weighted by molar-refractivity contribution is 7.15. The van der Waals surface area contributed by atoms with Gasteiger partial charge in [0.25, 0.3) is 0 Å². The van der Waals surface area contributed by atoms with Crippen LogP contribution in [0.25, 0.3) is 10.4 Å². The lowest BCUT2D eigenvalue weighted by Gasteiger charge is -2.26. The van der Waals surface area contributed by atoms with Crippen LogP contribution >= 0.6 is 11.3 Å². The number of amides is 3. The molecule has 0 spiro atoms. The van der Waals surface area contributed by atoms with Crippen molar-refractivity contribution in [3.8, 4) is 16.2 Å². The van der Waals surface area contributed by atoms with Crippen molar-refractivity contribution >= 4 is 23.3 Å². The van der Waals surface area contributed by atoms with Gasteiger partial charge in [0.1, 0.15) is 12.3 Å². The number of nitrogens with zero attached hydrogens (tertiary/aromatic N) is 1. The van der Waals surface area contributed by atoms with E-state index < -0.39 is 0 Å². The molecule has 1 fully saturated rings. The minimum Gasteiger partial charge on any atom is -0.497 e. The van der Waals surface area contributed by atoms with Crippen LogP contribution in [0.15, 0.2) is 36.4 Å². The maximum Gasteiger partial charge on any atom is 0.318 e. The second kappa shape index (κ2) is 7.35. The maximum absolute atomic E-state index is 12.1. The molecule has 3 amide bonds. The number of hydrogen-bond acceptors (Lipinski definition) is 4. The smallest absolute Gasteiger partial charge is 0.318 e. The second-order valence-corrected chi connectivity index (χ2v) is 6.59. The zero-order valence-electron chi connectivity index (χ0n) is 13.4. The molecule has 7 heteroatoms. The molecule has 2 aromatic rings. The summed E-state index contributed by atoms with van der Waals surface area (Å²) in [4.78, 5) is 27.1. The van der Waals surface area contributed by atoms with E-state index in [-0.39, 0.29) is 18.5 Å². The van der Waals surface area contributed by atoms with Crippen LogP contribution in [0.4, 0.5) is 4.79 Å². The Kier molecular flexibility index (Phi) is 5.00. The zero-order valence-corrected chi connectivity index (χ0v) is 14.2. The van der Waals surface area contributed by atoms with Gasteiger partial charge in [-0.25, -0.2) is 4.79 Å². The van der Waals surface area contributed by atoms with Gasteiger partial charge in [-0.15, -0.1) is 11.3 Å². The van der Waals surface area contributed by atoms with Gasteiger partial charge in [0.05, 0.1) is 13.7 Å². The first-order valence-electron chi connectivity index (χ1n) is 7.68. The molecule has 1 aromatic carbocycles. The van der Waals surface area contributed by atoms with Crippen LogP contribution in [-0.4, -0.2) is 43.6 Å². The normalized spacial score (nSPS) is 14.2. The van der Waals surface area contributed by atoms with E-state index in [1.54, 1.807) is 18.4 Å². The summed E-state index contributed by atoms with van der Waals surface area (Å²) in [7, 11) is 1.65. The number of rotatable bonds is 4. The van der Waals surface area contributed by atoms with E-state index >= 15 is 0 Å². The lowest BCUT2D eigenvalue weighted by Crippen LogP contribution is -2.52. The predicted molar refractivity (Wildman–Crippen MR) is 93.1 cm³/mol. The number of hydrogen-bond donors (Lipinski definition) is 2. The average molecular weight is 345 g/mol. The van der Waals surface area contributed by atoms with Crippen molar-refractivity contribution in [2.75, 3.05) is 26.7 Å². The standard InChI is InChI=1S/C17H19N3O3S/c1-23-13-4-2-12(3-5-13)15-7-6-14(24-15)10-19-17(22)20-9-8-18-16(21)11-20/h2-7H,8-11H2,1H3,(H,18,21)(H,19,22). The summed E-state index contributed by atoms with van der Waals surface area (Å²) in [6.45, 7) is 1.62. The lowest BCUT2D eigenvalue weighted by molar-refractivity contribution is -0.123. The second-order valence-electron chi connectivity index (χ2n) is 5.42. The van der Waals surface area contributed by atoms with E-state index in [9.17, 15) is 9.59 Å². The quantitative estimate of drug-likeness (QED) is 0.891. The van der Waals surface area contributed by atoms with Gasteiger partial charge in [0.2, 0.25) is 5.91 Å². The van der Waals surface area contributed by atoms with Gasteiger partial charge in [0, 0.05) is 22.8 Å². The van der Waals surface area contributed by atoms with Gasteiger partial charge in [0.15, 0.2) is 0 Å². The largest absolute Gasteiger partial charge is 0.497 e. The molecule has 1 saturated heterocycles.